The molecule has 0 saturated heterocycles. The Morgan fingerprint density at radius 1 is 1.21 bits per heavy atom. The predicted molar refractivity (Wildman–Crippen MR) is 62.1 cm³/mol. The van der Waals surface area contributed by atoms with E-state index in [1.165, 1.54) is 6.42 Å². The maximum absolute atomic E-state index is 9.49. The summed E-state index contributed by atoms with van der Waals surface area (Å²) in [5, 5.41) is 9.49. The zero-order valence-corrected chi connectivity index (χ0v) is 10.2. The minimum absolute atomic E-state index is 0.0381. The van der Waals surface area contributed by atoms with Gasteiger partial charge < -0.3 is 10.8 Å². The third-order valence-electron chi connectivity index (χ3n) is 3.09. The Morgan fingerprint density at radius 3 is 2.07 bits per heavy atom. The van der Waals surface area contributed by atoms with E-state index in [0.717, 1.165) is 12.8 Å². The molecule has 0 aromatic heterocycles. The van der Waals surface area contributed by atoms with Gasteiger partial charge >= 0.3 is 0 Å². The molecule has 2 atom stereocenters. The van der Waals surface area contributed by atoms with E-state index in [0.29, 0.717) is 18.4 Å². The van der Waals surface area contributed by atoms with Gasteiger partial charge in [0, 0.05) is 18.6 Å². The van der Waals surface area contributed by atoms with Crippen LogP contribution in [-0.2, 0) is 0 Å². The van der Waals surface area contributed by atoms with Gasteiger partial charge in [0.05, 0.1) is 0 Å². The van der Waals surface area contributed by atoms with Crippen molar-refractivity contribution in [2.75, 3.05) is 13.2 Å². The fourth-order valence-electron chi connectivity index (χ4n) is 2.19. The molecule has 0 radical (unpaired) electrons. The Labute approximate surface area is 88.9 Å². The van der Waals surface area contributed by atoms with Crippen molar-refractivity contribution in [3.05, 3.63) is 0 Å². The highest BCUT2D eigenvalue weighted by molar-refractivity contribution is 4.82. The summed E-state index contributed by atoms with van der Waals surface area (Å²) < 4.78 is 0. The molecule has 14 heavy (non-hydrogen) atoms. The summed E-state index contributed by atoms with van der Waals surface area (Å²) in [6.45, 7) is 9.64. The topological polar surface area (TPSA) is 46.2 Å². The third-order valence-corrected chi connectivity index (χ3v) is 3.09. The number of aliphatic hydroxyl groups is 1. The standard InChI is InChI=1S/C12H27NO/c1-5-11(4)7-12(8-13,9-14)6-10(2)3/h10-11,14H,5-9,13H2,1-4H3. The minimum atomic E-state index is -0.0381. The molecular weight excluding hydrogens is 174 g/mol. The van der Waals surface area contributed by atoms with Gasteiger partial charge in [-0.2, -0.15) is 0 Å². The monoisotopic (exact) mass is 201 g/mol. The van der Waals surface area contributed by atoms with Crippen LogP contribution in [0.15, 0.2) is 0 Å². The molecule has 2 nitrogen and oxygen atoms in total. The molecule has 86 valence electrons. The van der Waals surface area contributed by atoms with E-state index < -0.39 is 0 Å². The molecule has 0 aliphatic carbocycles. The van der Waals surface area contributed by atoms with Crippen molar-refractivity contribution >= 4 is 0 Å². The van der Waals surface area contributed by atoms with Crippen LogP contribution in [-0.4, -0.2) is 18.3 Å². The molecule has 0 saturated carbocycles. The lowest BCUT2D eigenvalue weighted by Gasteiger charge is -2.34. The fourth-order valence-corrected chi connectivity index (χ4v) is 2.19. The number of nitrogens with two attached hydrogens (primary N) is 1. The van der Waals surface area contributed by atoms with Gasteiger partial charge in [-0.25, -0.2) is 0 Å². The van der Waals surface area contributed by atoms with E-state index in [1.54, 1.807) is 0 Å². The van der Waals surface area contributed by atoms with Crippen molar-refractivity contribution in [2.24, 2.45) is 23.0 Å². The molecule has 0 aliphatic rings. The first-order valence-electron chi connectivity index (χ1n) is 5.80. The van der Waals surface area contributed by atoms with Crippen molar-refractivity contribution in [1.29, 1.82) is 0 Å². The van der Waals surface area contributed by atoms with Gasteiger partial charge in [-0.05, 0) is 24.7 Å². The number of hydrogen-bond acceptors (Lipinski definition) is 2. The van der Waals surface area contributed by atoms with Gasteiger partial charge in [0.2, 0.25) is 0 Å². The Hall–Kier alpha value is -0.0800. The van der Waals surface area contributed by atoms with Crippen molar-refractivity contribution in [2.45, 2.75) is 47.0 Å². The van der Waals surface area contributed by atoms with E-state index in [-0.39, 0.29) is 12.0 Å². The van der Waals surface area contributed by atoms with Gasteiger partial charge in [-0.15, -0.1) is 0 Å². The second-order valence-electron chi connectivity index (χ2n) is 5.18. The van der Waals surface area contributed by atoms with E-state index in [1.807, 2.05) is 0 Å². The molecule has 0 aliphatic heterocycles. The highest BCUT2D eigenvalue weighted by Gasteiger charge is 2.30. The van der Waals surface area contributed by atoms with E-state index >= 15 is 0 Å². The van der Waals surface area contributed by atoms with Crippen molar-refractivity contribution in [3.63, 3.8) is 0 Å². The number of aliphatic hydroxyl groups excluding tert-OH is 1. The van der Waals surface area contributed by atoms with Crippen LogP contribution in [0, 0.1) is 17.3 Å². The summed E-state index contributed by atoms with van der Waals surface area (Å²) in [6, 6.07) is 0. The molecule has 3 N–H and O–H groups in total. The van der Waals surface area contributed by atoms with Crippen LogP contribution in [0.25, 0.3) is 0 Å². The Kier molecular flexibility index (Phi) is 6.38. The summed E-state index contributed by atoms with van der Waals surface area (Å²) in [5.74, 6) is 1.26. The zero-order chi connectivity index (χ0) is 11.2. The second kappa shape index (κ2) is 6.41. The van der Waals surface area contributed by atoms with Crippen LogP contribution < -0.4 is 5.73 Å². The molecule has 0 bridgehead atoms. The Balaban J connectivity index is 4.36. The lowest BCUT2D eigenvalue weighted by molar-refractivity contribution is 0.0823. The lowest BCUT2D eigenvalue weighted by atomic mass is 9.74. The lowest BCUT2D eigenvalue weighted by Crippen LogP contribution is -2.37. The quantitative estimate of drug-likeness (QED) is 0.664. The maximum atomic E-state index is 9.49. The Bertz CT molecular complexity index is 141. The summed E-state index contributed by atoms with van der Waals surface area (Å²) in [6.07, 6.45) is 3.25. The molecule has 0 amide bonds. The van der Waals surface area contributed by atoms with Crippen molar-refractivity contribution in [1.82, 2.24) is 0 Å². The molecule has 2 unspecified atom stereocenters. The summed E-state index contributed by atoms with van der Waals surface area (Å²) >= 11 is 0. The molecule has 0 heterocycles. The average molecular weight is 201 g/mol. The molecule has 0 rings (SSSR count). The van der Waals surface area contributed by atoms with Gasteiger partial charge in [0.15, 0.2) is 0 Å². The normalized spacial score (nSPS) is 18.2. The fraction of sp³-hybridized carbons (Fsp3) is 1.00. The molecule has 0 fully saturated rings. The molecule has 2 heteroatoms. The van der Waals surface area contributed by atoms with E-state index in [9.17, 15) is 5.11 Å². The van der Waals surface area contributed by atoms with Crippen LogP contribution in [0.4, 0.5) is 0 Å². The van der Waals surface area contributed by atoms with Crippen molar-refractivity contribution in [3.8, 4) is 0 Å². The van der Waals surface area contributed by atoms with Crippen LogP contribution >= 0.6 is 0 Å². The molecule has 0 aromatic carbocycles. The summed E-state index contributed by atoms with van der Waals surface area (Å²) in [4.78, 5) is 0. The van der Waals surface area contributed by atoms with Crippen LogP contribution in [0.3, 0.4) is 0 Å². The smallest absolute Gasteiger partial charge is 0.0499 e. The highest BCUT2D eigenvalue weighted by Crippen LogP contribution is 2.33. The van der Waals surface area contributed by atoms with Gasteiger partial charge in [0.1, 0.15) is 0 Å². The third kappa shape index (κ3) is 4.43. The van der Waals surface area contributed by atoms with Crippen molar-refractivity contribution < 1.29 is 5.11 Å². The highest BCUT2D eigenvalue weighted by atomic mass is 16.3. The largest absolute Gasteiger partial charge is 0.396 e. The zero-order valence-electron chi connectivity index (χ0n) is 10.2. The molecular formula is C12H27NO. The predicted octanol–water partition coefficient (Wildman–Crippen LogP) is 2.41. The van der Waals surface area contributed by atoms with Gasteiger partial charge in [-0.3, -0.25) is 0 Å². The maximum Gasteiger partial charge on any atom is 0.0499 e. The number of hydrogen-bond donors (Lipinski definition) is 2. The number of rotatable bonds is 7. The molecule has 0 spiro atoms. The van der Waals surface area contributed by atoms with E-state index in [4.69, 9.17) is 5.73 Å². The second-order valence-corrected chi connectivity index (χ2v) is 5.18. The van der Waals surface area contributed by atoms with Crippen LogP contribution in [0.2, 0.25) is 0 Å². The van der Waals surface area contributed by atoms with Crippen LogP contribution in [0.5, 0.6) is 0 Å². The first-order valence-corrected chi connectivity index (χ1v) is 5.80. The van der Waals surface area contributed by atoms with Crippen LogP contribution in [0.1, 0.15) is 47.0 Å². The van der Waals surface area contributed by atoms with E-state index in [2.05, 4.69) is 27.7 Å². The Morgan fingerprint density at radius 2 is 1.79 bits per heavy atom. The summed E-state index contributed by atoms with van der Waals surface area (Å²) in [7, 11) is 0. The van der Waals surface area contributed by atoms with Gasteiger partial charge in [0.25, 0.3) is 0 Å². The molecule has 0 aromatic rings. The first-order chi connectivity index (χ1) is 6.49. The average Bonchev–Trinajstić information content (AvgIpc) is 2.15. The first kappa shape index (κ1) is 13.9. The van der Waals surface area contributed by atoms with Gasteiger partial charge in [-0.1, -0.05) is 34.1 Å². The minimum Gasteiger partial charge on any atom is -0.396 e. The SMILES string of the molecule is CCC(C)CC(CN)(CO)CC(C)C. The summed E-state index contributed by atoms with van der Waals surface area (Å²) in [5.41, 5.74) is 5.77.